The largest absolute Gasteiger partial charge is 0.438 e. The van der Waals surface area contributed by atoms with Crippen molar-refractivity contribution in [3.05, 3.63) is 16.4 Å². The van der Waals surface area contributed by atoms with Crippen molar-refractivity contribution in [2.75, 3.05) is 6.54 Å². The number of H-pyrrole nitrogens is 1. The van der Waals surface area contributed by atoms with Crippen LogP contribution in [0.5, 0.6) is 0 Å². The molecule has 0 spiro atoms. The summed E-state index contributed by atoms with van der Waals surface area (Å²) in [6, 6.07) is 0. The number of hydrogen-bond acceptors (Lipinski definition) is 5. The molecule has 0 aliphatic carbocycles. The third kappa shape index (κ3) is 3.16. The van der Waals surface area contributed by atoms with Gasteiger partial charge in [-0.1, -0.05) is 5.16 Å². The molecule has 0 aromatic carbocycles. The molecule has 7 heteroatoms. The first-order chi connectivity index (χ1) is 8.15. The quantitative estimate of drug-likeness (QED) is 0.746. The van der Waals surface area contributed by atoms with Crippen LogP contribution in [0.4, 0.5) is 0 Å². The zero-order valence-electron chi connectivity index (χ0n) is 9.56. The average molecular weight is 241 g/mol. The number of amides is 1. The van der Waals surface area contributed by atoms with E-state index in [1.807, 2.05) is 6.92 Å². The monoisotopic (exact) mass is 241 g/mol. The van der Waals surface area contributed by atoms with Crippen LogP contribution in [0.1, 0.15) is 25.6 Å². The summed E-state index contributed by atoms with van der Waals surface area (Å²) in [4.78, 5) is 24.7. The topological polar surface area (TPSA) is 97.2 Å². The van der Waals surface area contributed by atoms with Crippen LogP contribution in [-0.4, -0.2) is 34.8 Å². The summed E-state index contributed by atoms with van der Waals surface area (Å²) in [6.07, 6.45) is 1.90. The van der Waals surface area contributed by atoms with Gasteiger partial charge in [0.2, 0.25) is 5.91 Å². The minimum absolute atomic E-state index is 0.111. The standard InChI is InChI=1S/C10H15N3O4/c1-6-2-3-7(16-6)9(14)11-5-4-8-12-10(15)17-13-8/h6-7H,2-5H2,1H3,(H,11,14)(H,12,13,15). The number of carbonyl (C=O) groups excluding carboxylic acids is 1. The molecule has 2 rings (SSSR count). The van der Waals surface area contributed by atoms with Crippen molar-refractivity contribution >= 4 is 5.91 Å². The molecule has 1 fully saturated rings. The summed E-state index contributed by atoms with van der Waals surface area (Å²) in [5.41, 5.74) is 0. The van der Waals surface area contributed by atoms with E-state index >= 15 is 0 Å². The van der Waals surface area contributed by atoms with Gasteiger partial charge in [0.1, 0.15) is 6.10 Å². The predicted octanol–water partition coefficient (Wildman–Crippen LogP) is -0.411. The predicted molar refractivity (Wildman–Crippen MR) is 57.4 cm³/mol. The Morgan fingerprint density at radius 3 is 3.00 bits per heavy atom. The molecular formula is C10H15N3O4. The lowest BCUT2D eigenvalue weighted by molar-refractivity contribution is -0.131. The Hall–Kier alpha value is -1.63. The van der Waals surface area contributed by atoms with Gasteiger partial charge >= 0.3 is 5.76 Å². The van der Waals surface area contributed by atoms with Crippen molar-refractivity contribution < 1.29 is 14.1 Å². The van der Waals surface area contributed by atoms with Gasteiger partial charge in [-0.25, -0.2) is 4.79 Å². The molecule has 2 N–H and O–H groups in total. The first-order valence-corrected chi connectivity index (χ1v) is 5.63. The maximum atomic E-state index is 11.6. The van der Waals surface area contributed by atoms with Gasteiger partial charge in [0.15, 0.2) is 5.82 Å². The van der Waals surface area contributed by atoms with E-state index in [2.05, 4.69) is 20.0 Å². The molecule has 0 bridgehead atoms. The van der Waals surface area contributed by atoms with E-state index in [1.165, 1.54) is 0 Å². The molecule has 7 nitrogen and oxygen atoms in total. The van der Waals surface area contributed by atoms with Gasteiger partial charge in [0.05, 0.1) is 6.10 Å². The Labute approximate surface area is 97.5 Å². The van der Waals surface area contributed by atoms with Gasteiger partial charge in [0.25, 0.3) is 0 Å². The molecule has 1 aromatic heterocycles. The second-order valence-electron chi connectivity index (χ2n) is 4.10. The first kappa shape index (κ1) is 11.8. The van der Waals surface area contributed by atoms with Crippen LogP contribution in [-0.2, 0) is 16.0 Å². The van der Waals surface area contributed by atoms with Crippen LogP contribution >= 0.6 is 0 Å². The molecule has 1 saturated heterocycles. The average Bonchev–Trinajstić information content (AvgIpc) is 2.88. The zero-order chi connectivity index (χ0) is 12.3. The van der Waals surface area contributed by atoms with E-state index < -0.39 is 5.76 Å². The smallest absolute Gasteiger partial charge is 0.365 e. The fourth-order valence-electron chi connectivity index (χ4n) is 1.78. The van der Waals surface area contributed by atoms with Crippen LogP contribution in [0.15, 0.2) is 9.32 Å². The zero-order valence-corrected chi connectivity index (χ0v) is 9.56. The minimum atomic E-state index is -0.584. The third-order valence-corrected chi connectivity index (χ3v) is 2.67. The number of nitrogens with zero attached hydrogens (tertiary/aromatic N) is 1. The van der Waals surface area contributed by atoms with Crippen molar-refractivity contribution in [2.45, 2.75) is 38.4 Å². The maximum absolute atomic E-state index is 11.6. The molecule has 0 radical (unpaired) electrons. The normalized spacial score (nSPS) is 23.8. The van der Waals surface area contributed by atoms with E-state index in [9.17, 15) is 9.59 Å². The second kappa shape index (κ2) is 5.13. The highest BCUT2D eigenvalue weighted by molar-refractivity contribution is 5.80. The van der Waals surface area contributed by atoms with Gasteiger partial charge in [0, 0.05) is 13.0 Å². The fourth-order valence-corrected chi connectivity index (χ4v) is 1.78. The number of aromatic nitrogens is 2. The number of hydrogen-bond donors (Lipinski definition) is 2. The lowest BCUT2D eigenvalue weighted by atomic mass is 10.2. The van der Waals surface area contributed by atoms with Crippen molar-refractivity contribution in [1.29, 1.82) is 0 Å². The van der Waals surface area contributed by atoms with Crippen molar-refractivity contribution in [3.8, 4) is 0 Å². The molecule has 1 aliphatic heterocycles. The molecule has 1 aromatic rings. The van der Waals surface area contributed by atoms with E-state index in [0.29, 0.717) is 18.8 Å². The highest BCUT2D eigenvalue weighted by Crippen LogP contribution is 2.18. The highest BCUT2D eigenvalue weighted by Gasteiger charge is 2.27. The maximum Gasteiger partial charge on any atom is 0.438 e. The summed E-state index contributed by atoms with van der Waals surface area (Å²) >= 11 is 0. The van der Waals surface area contributed by atoms with Gasteiger partial charge in [-0.15, -0.1) is 0 Å². The summed E-state index contributed by atoms with van der Waals surface area (Å²) < 4.78 is 9.76. The van der Waals surface area contributed by atoms with Gasteiger partial charge in [-0.2, -0.15) is 0 Å². The summed E-state index contributed by atoms with van der Waals surface area (Å²) in [5, 5.41) is 6.23. The highest BCUT2D eigenvalue weighted by atomic mass is 16.5. The van der Waals surface area contributed by atoms with Crippen molar-refractivity contribution in [3.63, 3.8) is 0 Å². The Balaban J connectivity index is 1.71. The van der Waals surface area contributed by atoms with Crippen LogP contribution in [0.3, 0.4) is 0 Å². The molecule has 2 unspecified atom stereocenters. The molecule has 94 valence electrons. The van der Waals surface area contributed by atoms with E-state index in [0.717, 1.165) is 12.8 Å². The number of ether oxygens (including phenoxy) is 1. The van der Waals surface area contributed by atoms with Crippen molar-refractivity contribution in [2.24, 2.45) is 0 Å². The fraction of sp³-hybridized carbons (Fsp3) is 0.700. The molecule has 2 atom stereocenters. The number of nitrogens with one attached hydrogen (secondary N) is 2. The molecular weight excluding hydrogens is 226 g/mol. The Kier molecular flexibility index (Phi) is 3.58. The SMILES string of the molecule is CC1CCC(C(=O)NCCc2noc(=O)[nH]2)O1. The Bertz CT molecular complexity index is 439. The van der Waals surface area contributed by atoms with Crippen molar-refractivity contribution in [1.82, 2.24) is 15.5 Å². The van der Waals surface area contributed by atoms with E-state index in [-0.39, 0.29) is 18.1 Å². The van der Waals surface area contributed by atoms with Crippen LogP contribution in [0.25, 0.3) is 0 Å². The second-order valence-corrected chi connectivity index (χ2v) is 4.10. The summed E-state index contributed by atoms with van der Waals surface area (Å²) in [7, 11) is 0. The van der Waals surface area contributed by atoms with E-state index in [4.69, 9.17) is 4.74 Å². The minimum Gasteiger partial charge on any atom is -0.365 e. The van der Waals surface area contributed by atoms with Gasteiger partial charge < -0.3 is 10.1 Å². The number of aromatic amines is 1. The lowest BCUT2D eigenvalue weighted by Crippen LogP contribution is -2.35. The Morgan fingerprint density at radius 1 is 1.59 bits per heavy atom. The third-order valence-electron chi connectivity index (χ3n) is 2.67. The number of rotatable bonds is 4. The molecule has 1 amide bonds. The van der Waals surface area contributed by atoms with E-state index in [1.54, 1.807) is 0 Å². The number of carbonyl (C=O) groups is 1. The first-order valence-electron chi connectivity index (χ1n) is 5.63. The Morgan fingerprint density at radius 2 is 2.41 bits per heavy atom. The molecule has 0 saturated carbocycles. The van der Waals surface area contributed by atoms with Crippen LogP contribution in [0.2, 0.25) is 0 Å². The molecule has 1 aliphatic rings. The molecule has 2 heterocycles. The van der Waals surface area contributed by atoms with Crippen LogP contribution < -0.4 is 11.1 Å². The van der Waals surface area contributed by atoms with Crippen LogP contribution in [0, 0.1) is 0 Å². The van der Waals surface area contributed by atoms with Gasteiger partial charge in [-0.05, 0) is 19.8 Å². The summed E-state index contributed by atoms with van der Waals surface area (Å²) in [6.45, 7) is 2.35. The summed E-state index contributed by atoms with van der Waals surface area (Å²) in [5.74, 6) is -0.268. The van der Waals surface area contributed by atoms with Gasteiger partial charge in [-0.3, -0.25) is 14.3 Å². The molecule has 17 heavy (non-hydrogen) atoms. The lowest BCUT2D eigenvalue weighted by Gasteiger charge is -2.10.